The minimum absolute atomic E-state index is 0.000702. The Balaban J connectivity index is 1.37. The zero-order valence-electron chi connectivity index (χ0n) is 23.2. The van der Waals surface area contributed by atoms with E-state index in [9.17, 15) is 14.4 Å². The van der Waals surface area contributed by atoms with Gasteiger partial charge in [-0.25, -0.2) is 4.79 Å². The van der Waals surface area contributed by atoms with Crippen LogP contribution in [0.25, 0.3) is 0 Å². The summed E-state index contributed by atoms with van der Waals surface area (Å²) >= 11 is 0. The van der Waals surface area contributed by atoms with Crippen LogP contribution >= 0.6 is 0 Å². The molecule has 1 fully saturated rings. The zero-order chi connectivity index (χ0) is 28.9. The number of nitrogens with one attached hydrogen (secondary N) is 2. The number of hydrogen-bond donors (Lipinski definition) is 4. The number of carboxylic acid groups (broad SMARTS) is 1. The Morgan fingerprint density at radius 3 is 2.48 bits per heavy atom. The zero-order valence-corrected chi connectivity index (χ0v) is 23.2. The van der Waals surface area contributed by atoms with Crippen LogP contribution in [0.2, 0.25) is 0 Å². The van der Waals surface area contributed by atoms with E-state index < -0.39 is 17.7 Å². The van der Waals surface area contributed by atoms with E-state index in [1.807, 2.05) is 24.3 Å². The molecule has 4 rings (SSSR count). The van der Waals surface area contributed by atoms with Crippen LogP contribution in [0.15, 0.2) is 24.3 Å². The number of nitrogens with two attached hydrogens (primary N) is 1. The van der Waals surface area contributed by atoms with E-state index in [1.165, 1.54) is 5.56 Å². The monoisotopic (exact) mass is 554 g/mol. The van der Waals surface area contributed by atoms with Crippen LogP contribution in [0, 0.1) is 5.92 Å². The number of ether oxygens (including phenoxy) is 2. The molecule has 2 aromatic rings. The summed E-state index contributed by atoms with van der Waals surface area (Å²) in [6.07, 6.45) is 3.45. The molecule has 1 saturated carbocycles. The summed E-state index contributed by atoms with van der Waals surface area (Å²) in [7, 11) is 0. The predicted octanol–water partition coefficient (Wildman–Crippen LogP) is 3.78. The van der Waals surface area contributed by atoms with Crippen LogP contribution in [-0.2, 0) is 9.53 Å². The first kappa shape index (κ1) is 28.9. The number of carbonyl (C=O) groups is 3. The molecule has 1 aliphatic carbocycles. The maximum Gasteiger partial charge on any atom is 0.407 e. The topological polar surface area (TPSA) is 169 Å². The van der Waals surface area contributed by atoms with E-state index in [0.29, 0.717) is 19.0 Å². The van der Waals surface area contributed by atoms with Gasteiger partial charge in [0, 0.05) is 25.2 Å². The van der Waals surface area contributed by atoms with E-state index in [4.69, 9.17) is 20.3 Å². The average molecular weight is 555 g/mol. The lowest BCUT2D eigenvalue weighted by Gasteiger charge is -2.28. The fourth-order valence-corrected chi connectivity index (χ4v) is 5.08. The summed E-state index contributed by atoms with van der Waals surface area (Å²) in [4.78, 5) is 46.5. The molecule has 2 amide bonds. The second-order valence-corrected chi connectivity index (χ2v) is 11.2. The first-order chi connectivity index (χ1) is 19.0. The van der Waals surface area contributed by atoms with Gasteiger partial charge in [0.2, 0.25) is 11.8 Å². The highest BCUT2D eigenvalue weighted by molar-refractivity contribution is 6.10. The Bertz CT molecular complexity index is 1220. The Morgan fingerprint density at radius 1 is 1.12 bits per heavy atom. The number of nitrogens with zero attached hydrogens (tertiary/aromatic N) is 3. The summed E-state index contributed by atoms with van der Waals surface area (Å²) in [6.45, 7) is 6.48. The third-order valence-electron chi connectivity index (χ3n) is 6.98. The smallest absolute Gasteiger partial charge is 0.407 e. The van der Waals surface area contributed by atoms with Gasteiger partial charge in [0.1, 0.15) is 23.6 Å². The average Bonchev–Trinajstić information content (AvgIpc) is 3.04. The van der Waals surface area contributed by atoms with Crippen molar-refractivity contribution in [3.8, 4) is 5.88 Å². The SMILES string of the molecule is CC(C)(C)OC(=O)NCCNc1nc(N)c2c(n1)OCCN(c1ccc([C@H]3CC[C@H](CC(=O)O)CC3)cc1)C2=O. The van der Waals surface area contributed by atoms with Gasteiger partial charge >= 0.3 is 12.1 Å². The Labute approximate surface area is 233 Å². The third kappa shape index (κ3) is 7.51. The summed E-state index contributed by atoms with van der Waals surface area (Å²) in [6, 6.07) is 7.92. The second-order valence-electron chi connectivity index (χ2n) is 11.2. The number of carboxylic acids is 1. The Kier molecular flexibility index (Phi) is 8.96. The molecule has 40 heavy (non-hydrogen) atoms. The summed E-state index contributed by atoms with van der Waals surface area (Å²) in [5, 5.41) is 14.7. The number of rotatable bonds is 8. The Morgan fingerprint density at radius 2 is 1.82 bits per heavy atom. The molecule has 0 unspecified atom stereocenters. The van der Waals surface area contributed by atoms with Gasteiger partial charge in [-0.3, -0.25) is 9.59 Å². The number of fused-ring (bicyclic) bond motifs is 1. The van der Waals surface area contributed by atoms with Gasteiger partial charge in [0.15, 0.2) is 0 Å². The summed E-state index contributed by atoms with van der Waals surface area (Å²) in [5.74, 6) is -0.142. The van der Waals surface area contributed by atoms with Crippen molar-refractivity contribution >= 4 is 35.4 Å². The van der Waals surface area contributed by atoms with Crippen molar-refractivity contribution in [3.05, 3.63) is 35.4 Å². The molecule has 2 aliphatic rings. The molecule has 1 aromatic carbocycles. The fourth-order valence-electron chi connectivity index (χ4n) is 5.08. The van der Waals surface area contributed by atoms with Crippen molar-refractivity contribution in [1.29, 1.82) is 0 Å². The molecule has 0 spiro atoms. The van der Waals surface area contributed by atoms with Gasteiger partial charge in [-0.1, -0.05) is 12.1 Å². The number of aliphatic carboxylic acids is 1. The van der Waals surface area contributed by atoms with E-state index >= 15 is 0 Å². The minimum Gasteiger partial charge on any atom is -0.481 e. The number of amides is 2. The van der Waals surface area contributed by atoms with Gasteiger partial charge in [-0.2, -0.15) is 9.97 Å². The fraction of sp³-hybridized carbons (Fsp3) is 0.536. The number of carbonyl (C=O) groups excluding carboxylic acids is 2. The molecule has 0 radical (unpaired) electrons. The first-order valence-corrected chi connectivity index (χ1v) is 13.6. The third-order valence-corrected chi connectivity index (χ3v) is 6.98. The molecule has 1 aromatic heterocycles. The van der Waals surface area contributed by atoms with Crippen LogP contribution in [0.5, 0.6) is 5.88 Å². The molecule has 12 nitrogen and oxygen atoms in total. The number of benzene rings is 1. The first-order valence-electron chi connectivity index (χ1n) is 13.6. The van der Waals surface area contributed by atoms with Crippen molar-refractivity contribution in [2.75, 3.05) is 42.2 Å². The highest BCUT2D eigenvalue weighted by Crippen LogP contribution is 2.38. The lowest BCUT2D eigenvalue weighted by molar-refractivity contribution is -0.138. The van der Waals surface area contributed by atoms with Crippen molar-refractivity contribution in [2.45, 2.75) is 64.4 Å². The van der Waals surface area contributed by atoms with Crippen molar-refractivity contribution in [3.63, 3.8) is 0 Å². The van der Waals surface area contributed by atoms with Gasteiger partial charge in [-0.15, -0.1) is 0 Å². The van der Waals surface area contributed by atoms with E-state index in [2.05, 4.69) is 20.6 Å². The van der Waals surface area contributed by atoms with Crippen molar-refractivity contribution in [2.24, 2.45) is 5.92 Å². The molecule has 0 atom stereocenters. The van der Waals surface area contributed by atoms with Crippen LogP contribution in [0.1, 0.15) is 74.7 Å². The lowest BCUT2D eigenvalue weighted by Crippen LogP contribution is -2.35. The standard InChI is InChI=1S/C28H38N6O6/c1-28(2,3)40-27(38)31-13-12-30-26-32-23(29)22-24(33-26)39-15-14-34(25(22)37)20-10-8-19(9-11-20)18-6-4-17(5-7-18)16-21(35)36/h8-11,17-18H,4-7,12-16H2,1-3H3,(H,31,38)(H,35,36)(H3,29,30,32,33)/t17-,18-. The highest BCUT2D eigenvalue weighted by Gasteiger charge is 2.30. The maximum atomic E-state index is 13.5. The second kappa shape index (κ2) is 12.4. The van der Waals surface area contributed by atoms with E-state index in [-0.39, 0.29) is 54.6 Å². The number of anilines is 3. The van der Waals surface area contributed by atoms with Crippen LogP contribution in [0.4, 0.5) is 22.2 Å². The number of alkyl carbamates (subject to hydrolysis) is 1. The Hall–Kier alpha value is -4.09. The maximum absolute atomic E-state index is 13.5. The number of hydrogen-bond acceptors (Lipinski definition) is 9. The number of nitrogen functional groups attached to an aromatic ring is 1. The van der Waals surface area contributed by atoms with Gasteiger partial charge in [0.25, 0.3) is 5.91 Å². The summed E-state index contributed by atoms with van der Waals surface area (Å²) < 4.78 is 11.0. The number of aromatic nitrogens is 2. The highest BCUT2D eigenvalue weighted by atomic mass is 16.6. The van der Waals surface area contributed by atoms with Gasteiger partial charge in [0.05, 0.1) is 6.54 Å². The molecular formula is C28H38N6O6. The molecule has 2 heterocycles. The molecule has 1 aliphatic heterocycles. The predicted molar refractivity (Wildman–Crippen MR) is 150 cm³/mol. The van der Waals surface area contributed by atoms with E-state index in [0.717, 1.165) is 31.4 Å². The molecule has 0 bridgehead atoms. The van der Waals surface area contributed by atoms with Crippen molar-refractivity contribution in [1.82, 2.24) is 15.3 Å². The van der Waals surface area contributed by atoms with Crippen molar-refractivity contribution < 1.29 is 29.0 Å². The van der Waals surface area contributed by atoms with Gasteiger partial charge in [-0.05, 0) is 76.0 Å². The molecular weight excluding hydrogens is 516 g/mol. The van der Waals surface area contributed by atoms with Gasteiger partial charge < -0.3 is 35.8 Å². The van der Waals surface area contributed by atoms with Crippen LogP contribution in [-0.4, -0.2) is 64.9 Å². The molecule has 5 N–H and O–H groups in total. The van der Waals surface area contributed by atoms with Crippen LogP contribution in [0.3, 0.4) is 0 Å². The largest absolute Gasteiger partial charge is 0.481 e. The normalized spacial score (nSPS) is 19.2. The molecule has 0 saturated heterocycles. The molecule has 12 heteroatoms. The molecule has 216 valence electrons. The summed E-state index contributed by atoms with van der Waals surface area (Å²) in [5.41, 5.74) is 7.61. The quantitative estimate of drug-likeness (QED) is 0.352. The van der Waals surface area contributed by atoms with Crippen LogP contribution < -0.4 is 26.0 Å². The van der Waals surface area contributed by atoms with E-state index in [1.54, 1.807) is 25.7 Å². The lowest BCUT2D eigenvalue weighted by atomic mass is 9.77. The minimum atomic E-state index is -0.730.